The second-order valence-corrected chi connectivity index (χ2v) is 5.15. The quantitative estimate of drug-likeness (QED) is 0.800. The minimum absolute atomic E-state index is 0.0983. The summed E-state index contributed by atoms with van der Waals surface area (Å²) in [5.74, 6) is -2.09. The van der Waals surface area contributed by atoms with E-state index in [9.17, 15) is 13.6 Å². The summed E-state index contributed by atoms with van der Waals surface area (Å²) < 4.78 is 30.2. The van der Waals surface area contributed by atoms with Crippen molar-refractivity contribution >= 4 is 23.1 Å². The van der Waals surface area contributed by atoms with Crippen LogP contribution in [0.3, 0.4) is 0 Å². The molecule has 0 aliphatic carbocycles. The summed E-state index contributed by atoms with van der Waals surface area (Å²) in [7, 11) is 0. The van der Waals surface area contributed by atoms with Gasteiger partial charge in [0.1, 0.15) is 22.2 Å². The van der Waals surface area contributed by atoms with Gasteiger partial charge in [-0.2, -0.15) is 0 Å². The van der Waals surface area contributed by atoms with Gasteiger partial charge in [0.25, 0.3) is 5.91 Å². The number of nitrogens with one attached hydrogen (secondary N) is 1. The Morgan fingerprint density at radius 2 is 1.86 bits per heavy atom. The number of halogens is 2. The molecule has 4 nitrogen and oxygen atoms in total. The van der Waals surface area contributed by atoms with Crippen LogP contribution in [0.4, 0.5) is 14.5 Å². The van der Waals surface area contributed by atoms with Crippen molar-refractivity contribution in [1.82, 2.24) is 9.59 Å². The number of anilines is 1. The van der Waals surface area contributed by atoms with E-state index in [0.29, 0.717) is 11.8 Å². The molecule has 3 aromatic rings. The Morgan fingerprint density at radius 3 is 2.59 bits per heavy atom. The van der Waals surface area contributed by atoms with Gasteiger partial charge in [0.15, 0.2) is 0 Å². The first kappa shape index (κ1) is 14.3. The maximum atomic E-state index is 13.6. The van der Waals surface area contributed by atoms with Gasteiger partial charge in [-0.15, -0.1) is 5.10 Å². The third-order valence-corrected chi connectivity index (χ3v) is 3.65. The summed E-state index contributed by atoms with van der Waals surface area (Å²) in [4.78, 5) is 12.5. The third kappa shape index (κ3) is 2.84. The van der Waals surface area contributed by atoms with Gasteiger partial charge < -0.3 is 5.32 Å². The Hall–Kier alpha value is -2.67. The van der Waals surface area contributed by atoms with Crippen molar-refractivity contribution in [3.8, 4) is 11.3 Å². The summed E-state index contributed by atoms with van der Waals surface area (Å²) in [5, 5.41) is 6.34. The molecule has 0 saturated heterocycles. The van der Waals surface area contributed by atoms with Crippen molar-refractivity contribution in [3.63, 3.8) is 0 Å². The van der Waals surface area contributed by atoms with Crippen LogP contribution >= 0.6 is 11.5 Å². The normalized spacial score (nSPS) is 10.5. The van der Waals surface area contributed by atoms with E-state index >= 15 is 0 Å². The molecule has 0 spiro atoms. The van der Waals surface area contributed by atoms with Gasteiger partial charge in [0.2, 0.25) is 0 Å². The van der Waals surface area contributed by atoms with Gasteiger partial charge in [-0.1, -0.05) is 34.8 Å². The highest BCUT2D eigenvalue weighted by Gasteiger charge is 2.19. The molecular weight excluding hydrogens is 308 g/mol. The number of rotatable bonds is 3. The fraction of sp³-hybridized carbons (Fsp3) is 0. The highest BCUT2D eigenvalue weighted by Crippen LogP contribution is 2.25. The zero-order valence-electron chi connectivity index (χ0n) is 11.1. The van der Waals surface area contributed by atoms with E-state index in [4.69, 9.17) is 0 Å². The Morgan fingerprint density at radius 1 is 1.09 bits per heavy atom. The minimum Gasteiger partial charge on any atom is -0.319 e. The van der Waals surface area contributed by atoms with Crippen molar-refractivity contribution in [2.45, 2.75) is 0 Å². The van der Waals surface area contributed by atoms with Gasteiger partial charge in [0, 0.05) is 11.6 Å². The van der Waals surface area contributed by atoms with Gasteiger partial charge in [-0.05, 0) is 23.7 Å². The number of aromatic nitrogens is 2. The fourth-order valence-electron chi connectivity index (χ4n) is 1.89. The van der Waals surface area contributed by atoms with E-state index in [1.165, 1.54) is 6.07 Å². The van der Waals surface area contributed by atoms with E-state index < -0.39 is 17.5 Å². The van der Waals surface area contributed by atoms with Gasteiger partial charge in [-0.3, -0.25) is 4.79 Å². The summed E-state index contributed by atoms with van der Waals surface area (Å²) in [5.41, 5.74) is 1.06. The van der Waals surface area contributed by atoms with E-state index in [2.05, 4.69) is 14.9 Å². The molecule has 0 radical (unpaired) electrons. The summed E-state index contributed by atoms with van der Waals surface area (Å²) in [6.07, 6.45) is 0. The molecule has 22 heavy (non-hydrogen) atoms. The van der Waals surface area contributed by atoms with Gasteiger partial charge in [0.05, 0.1) is 5.69 Å². The predicted octanol–water partition coefficient (Wildman–Crippen LogP) is 3.74. The van der Waals surface area contributed by atoms with Crippen molar-refractivity contribution in [2.24, 2.45) is 0 Å². The molecule has 0 aliphatic heterocycles. The molecule has 1 aromatic heterocycles. The molecule has 2 aromatic carbocycles. The number of nitrogens with zero attached hydrogens (tertiary/aromatic N) is 2. The minimum atomic E-state index is -0.841. The molecule has 0 unspecified atom stereocenters. The Bertz CT molecular complexity index is 821. The molecule has 0 bridgehead atoms. The van der Waals surface area contributed by atoms with Crippen LogP contribution in [0.15, 0.2) is 48.5 Å². The molecule has 1 N–H and O–H groups in total. The first-order valence-electron chi connectivity index (χ1n) is 6.29. The summed E-state index contributed by atoms with van der Waals surface area (Å²) >= 11 is 0.911. The number of hydrogen-bond acceptors (Lipinski definition) is 4. The van der Waals surface area contributed by atoms with Crippen LogP contribution in [0, 0.1) is 11.6 Å². The molecule has 0 saturated carbocycles. The zero-order valence-corrected chi connectivity index (χ0v) is 11.9. The molecule has 3 rings (SSSR count). The maximum absolute atomic E-state index is 13.6. The molecule has 0 aliphatic rings. The first-order valence-corrected chi connectivity index (χ1v) is 7.06. The Balaban J connectivity index is 1.89. The topological polar surface area (TPSA) is 54.9 Å². The second kappa shape index (κ2) is 5.98. The number of hydrogen-bond donors (Lipinski definition) is 1. The highest BCUT2D eigenvalue weighted by molar-refractivity contribution is 7.08. The van der Waals surface area contributed by atoms with Crippen LogP contribution in [0.25, 0.3) is 11.3 Å². The first-order chi connectivity index (χ1) is 10.6. The lowest BCUT2D eigenvalue weighted by atomic mass is 10.1. The molecule has 1 heterocycles. The summed E-state index contributed by atoms with van der Waals surface area (Å²) in [6, 6.07) is 12.0. The largest absolute Gasteiger partial charge is 0.319 e. The number of carbonyl (C=O) groups excluding carboxylic acids is 1. The van der Waals surface area contributed by atoms with Crippen LogP contribution < -0.4 is 5.32 Å². The number of benzene rings is 2. The predicted molar refractivity (Wildman–Crippen MR) is 79.7 cm³/mol. The third-order valence-electron chi connectivity index (χ3n) is 2.92. The fourth-order valence-corrected chi connectivity index (χ4v) is 2.48. The molecule has 0 fully saturated rings. The van der Waals surface area contributed by atoms with Crippen LogP contribution in [0.2, 0.25) is 0 Å². The lowest BCUT2D eigenvalue weighted by Crippen LogP contribution is -2.12. The SMILES string of the molecule is O=C(Nc1ccc(F)cc1F)c1snnc1-c1ccccc1. The van der Waals surface area contributed by atoms with Crippen molar-refractivity contribution in [3.05, 3.63) is 65.0 Å². The van der Waals surface area contributed by atoms with E-state index in [-0.39, 0.29) is 10.6 Å². The standard InChI is InChI=1S/C15H9F2N3OS/c16-10-6-7-12(11(17)8-10)18-15(21)14-13(19-20-22-14)9-4-2-1-3-5-9/h1-8H,(H,18,21). The van der Waals surface area contributed by atoms with Crippen LogP contribution in [-0.4, -0.2) is 15.5 Å². The van der Waals surface area contributed by atoms with Crippen molar-refractivity contribution < 1.29 is 13.6 Å². The van der Waals surface area contributed by atoms with E-state index in [0.717, 1.165) is 23.2 Å². The van der Waals surface area contributed by atoms with Crippen molar-refractivity contribution in [1.29, 1.82) is 0 Å². The zero-order chi connectivity index (χ0) is 15.5. The van der Waals surface area contributed by atoms with E-state index in [1.807, 2.05) is 18.2 Å². The highest BCUT2D eigenvalue weighted by atomic mass is 32.1. The Kier molecular flexibility index (Phi) is 3.88. The Labute approximate surface area is 128 Å². The van der Waals surface area contributed by atoms with Gasteiger partial charge >= 0.3 is 0 Å². The molecule has 110 valence electrons. The molecule has 7 heteroatoms. The maximum Gasteiger partial charge on any atom is 0.269 e. The van der Waals surface area contributed by atoms with Crippen molar-refractivity contribution in [2.75, 3.05) is 5.32 Å². The average molecular weight is 317 g/mol. The summed E-state index contributed by atoms with van der Waals surface area (Å²) in [6.45, 7) is 0. The number of carbonyl (C=O) groups is 1. The van der Waals surface area contributed by atoms with Gasteiger partial charge in [-0.25, -0.2) is 8.78 Å². The lowest BCUT2D eigenvalue weighted by Gasteiger charge is -2.06. The number of amides is 1. The van der Waals surface area contributed by atoms with Crippen LogP contribution in [0.5, 0.6) is 0 Å². The van der Waals surface area contributed by atoms with E-state index in [1.54, 1.807) is 12.1 Å². The monoisotopic (exact) mass is 317 g/mol. The average Bonchev–Trinajstić information content (AvgIpc) is 3.00. The molecular formula is C15H9F2N3OS. The second-order valence-electron chi connectivity index (χ2n) is 4.39. The van der Waals surface area contributed by atoms with Crippen LogP contribution in [0.1, 0.15) is 9.67 Å². The van der Waals surface area contributed by atoms with Crippen LogP contribution in [-0.2, 0) is 0 Å². The lowest BCUT2D eigenvalue weighted by molar-refractivity contribution is 0.103. The molecule has 1 amide bonds. The smallest absolute Gasteiger partial charge is 0.269 e. The molecule has 0 atom stereocenters.